The van der Waals surface area contributed by atoms with Gasteiger partial charge in [-0.15, -0.1) is 0 Å². The monoisotopic (exact) mass is 327 g/mol. The maximum atomic E-state index is 4.70. The van der Waals surface area contributed by atoms with Gasteiger partial charge in [-0.1, -0.05) is 56.3 Å². The van der Waals surface area contributed by atoms with Gasteiger partial charge in [0.1, 0.15) is 0 Å². The van der Waals surface area contributed by atoms with Crippen LogP contribution >= 0.6 is 0 Å². The van der Waals surface area contributed by atoms with Crippen molar-refractivity contribution in [1.29, 1.82) is 0 Å². The number of pyridine rings is 1. The van der Waals surface area contributed by atoms with E-state index in [4.69, 9.17) is 4.98 Å². The molecule has 2 heterocycles. The third-order valence-electron chi connectivity index (χ3n) is 4.70. The Morgan fingerprint density at radius 1 is 0.920 bits per heavy atom. The van der Waals surface area contributed by atoms with Gasteiger partial charge in [0.15, 0.2) is 0 Å². The minimum absolute atomic E-state index is 0.0831. The van der Waals surface area contributed by atoms with Crippen LogP contribution in [-0.4, -0.2) is 15.0 Å². The molecule has 4 aromatic rings. The topological polar surface area (TPSA) is 41.6 Å². The minimum Gasteiger partial charge on any atom is -0.348 e. The lowest BCUT2D eigenvalue weighted by molar-refractivity contribution is 0.857. The molecule has 0 bridgehead atoms. The highest BCUT2D eigenvalue weighted by Gasteiger charge is 2.22. The molecule has 3 nitrogen and oxygen atoms in total. The maximum absolute atomic E-state index is 4.70. The Labute approximate surface area is 147 Å². The first-order valence-corrected chi connectivity index (χ1v) is 8.66. The van der Waals surface area contributed by atoms with E-state index in [0.717, 1.165) is 11.2 Å². The zero-order valence-corrected chi connectivity index (χ0v) is 14.5. The number of hydrogen-bond acceptors (Lipinski definition) is 2. The molecule has 0 saturated carbocycles. The molecule has 0 aliphatic carbocycles. The van der Waals surface area contributed by atoms with Crippen molar-refractivity contribution < 1.29 is 0 Å². The van der Waals surface area contributed by atoms with E-state index >= 15 is 0 Å². The Balaban J connectivity index is 2.02. The van der Waals surface area contributed by atoms with Crippen LogP contribution in [0.3, 0.4) is 0 Å². The van der Waals surface area contributed by atoms with Crippen molar-refractivity contribution in [1.82, 2.24) is 15.0 Å². The van der Waals surface area contributed by atoms with Crippen molar-refractivity contribution in [3.63, 3.8) is 0 Å². The molecule has 0 aliphatic heterocycles. The van der Waals surface area contributed by atoms with E-state index in [2.05, 4.69) is 72.3 Å². The molecule has 2 aromatic heterocycles. The molecule has 1 N–H and O–H groups in total. The minimum atomic E-state index is 0.0831. The Kier molecular flexibility index (Phi) is 4.06. The SMILES string of the molecule is CC(C)c1cc(C(c2ccccc2)c2cnc[nH]2)c2ncccc2c1. The number of fused-ring (bicyclic) bond motifs is 1. The second-order valence-electron chi connectivity index (χ2n) is 6.69. The summed E-state index contributed by atoms with van der Waals surface area (Å²) in [5, 5.41) is 1.18. The van der Waals surface area contributed by atoms with Crippen molar-refractivity contribution in [3.8, 4) is 0 Å². The molecule has 0 fully saturated rings. The predicted octanol–water partition coefficient (Wildman–Crippen LogP) is 5.26. The van der Waals surface area contributed by atoms with Gasteiger partial charge in [-0.25, -0.2) is 4.98 Å². The van der Waals surface area contributed by atoms with E-state index in [1.165, 1.54) is 22.1 Å². The van der Waals surface area contributed by atoms with Crippen LogP contribution < -0.4 is 0 Å². The van der Waals surface area contributed by atoms with Crippen molar-refractivity contribution in [2.45, 2.75) is 25.7 Å². The number of benzene rings is 2. The molecular formula is C22H21N3. The van der Waals surface area contributed by atoms with Crippen LogP contribution in [0.1, 0.15) is 48.1 Å². The molecule has 0 amide bonds. The van der Waals surface area contributed by atoms with Gasteiger partial charge in [-0.05, 0) is 34.7 Å². The Morgan fingerprint density at radius 2 is 1.76 bits per heavy atom. The van der Waals surface area contributed by atoms with Crippen LogP contribution in [0.2, 0.25) is 0 Å². The number of aromatic amines is 1. The molecule has 0 saturated heterocycles. The van der Waals surface area contributed by atoms with E-state index in [0.29, 0.717) is 5.92 Å². The summed E-state index contributed by atoms with van der Waals surface area (Å²) < 4.78 is 0. The van der Waals surface area contributed by atoms with Crippen LogP contribution in [0, 0.1) is 0 Å². The molecular weight excluding hydrogens is 306 g/mol. The summed E-state index contributed by atoms with van der Waals surface area (Å²) in [6.45, 7) is 4.46. The molecule has 1 unspecified atom stereocenters. The van der Waals surface area contributed by atoms with Crippen molar-refractivity contribution in [3.05, 3.63) is 95.7 Å². The average molecular weight is 327 g/mol. The molecule has 4 rings (SSSR count). The summed E-state index contributed by atoms with van der Waals surface area (Å²) in [5.41, 5.74) is 5.92. The standard InChI is InChI=1S/C22H21N3/c1-15(2)18-11-17-9-6-10-24-22(17)19(12-18)21(20-13-23-14-25-20)16-7-4-3-5-8-16/h3-15,21H,1-2H3,(H,23,25). The fourth-order valence-electron chi connectivity index (χ4n) is 3.39. The third-order valence-corrected chi connectivity index (χ3v) is 4.70. The van der Waals surface area contributed by atoms with Crippen LogP contribution in [0.15, 0.2) is 73.3 Å². The molecule has 3 heteroatoms. The van der Waals surface area contributed by atoms with Crippen molar-refractivity contribution >= 4 is 10.9 Å². The molecule has 124 valence electrons. The number of imidazole rings is 1. The van der Waals surface area contributed by atoms with Gasteiger partial charge in [-0.3, -0.25) is 4.98 Å². The van der Waals surface area contributed by atoms with Crippen molar-refractivity contribution in [2.75, 3.05) is 0 Å². The molecule has 2 aromatic carbocycles. The summed E-state index contributed by atoms with van der Waals surface area (Å²) in [4.78, 5) is 12.3. The number of nitrogens with one attached hydrogen (secondary N) is 1. The molecule has 0 aliphatic rings. The van der Waals surface area contributed by atoms with Gasteiger partial charge in [0.2, 0.25) is 0 Å². The first kappa shape index (κ1) is 15.6. The number of H-pyrrole nitrogens is 1. The van der Waals surface area contributed by atoms with Crippen LogP contribution in [0.5, 0.6) is 0 Å². The summed E-state index contributed by atoms with van der Waals surface area (Å²) in [5.74, 6) is 0.543. The number of rotatable bonds is 4. The van der Waals surface area contributed by atoms with E-state index < -0.39 is 0 Å². The van der Waals surface area contributed by atoms with Crippen molar-refractivity contribution in [2.24, 2.45) is 0 Å². The van der Waals surface area contributed by atoms with Crippen LogP contribution in [0.4, 0.5) is 0 Å². The Hall–Kier alpha value is -2.94. The highest BCUT2D eigenvalue weighted by atomic mass is 14.9. The van der Waals surface area contributed by atoms with Crippen LogP contribution in [-0.2, 0) is 0 Å². The van der Waals surface area contributed by atoms with Gasteiger partial charge < -0.3 is 4.98 Å². The number of nitrogens with zero attached hydrogens (tertiary/aromatic N) is 2. The summed E-state index contributed by atoms with van der Waals surface area (Å²) in [6.07, 6.45) is 5.53. The molecule has 0 spiro atoms. The fourth-order valence-corrected chi connectivity index (χ4v) is 3.39. The highest BCUT2D eigenvalue weighted by Crippen LogP contribution is 2.36. The van der Waals surface area contributed by atoms with E-state index in [1.54, 1.807) is 6.33 Å². The lowest BCUT2D eigenvalue weighted by Gasteiger charge is -2.20. The van der Waals surface area contributed by atoms with E-state index in [1.807, 2.05) is 18.5 Å². The predicted molar refractivity (Wildman–Crippen MR) is 102 cm³/mol. The maximum Gasteiger partial charge on any atom is 0.0922 e. The second kappa shape index (κ2) is 6.52. The van der Waals surface area contributed by atoms with Crippen LogP contribution in [0.25, 0.3) is 10.9 Å². The quantitative estimate of drug-likeness (QED) is 0.555. The average Bonchev–Trinajstić information content (AvgIpc) is 3.17. The lowest BCUT2D eigenvalue weighted by atomic mass is 9.85. The van der Waals surface area contributed by atoms with Gasteiger partial charge in [0.25, 0.3) is 0 Å². The largest absolute Gasteiger partial charge is 0.348 e. The third kappa shape index (κ3) is 2.93. The Morgan fingerprint density at radius 3 is 2.48 bits per heavy atom. The summed E-state index contributed by atoms with van der Waals surface area (Å²) in [7, 11) is 0. The zero-order chi connectivity index (χ0) is 17.2. The molecule has 0 radical (unpaired) electrons. The van der Waals surface area contributed by atoms with Gasteiger partial charge in [-0.2, -0.15) is 0 Å². The van der Waals surface area contributed by atoms with E-state index in [-0.39, 0.29) is 5.92 Å². The fraction of sp³-hybridized carbons (Fsp3) is 0.182. The first-order chi connectivity index (χ1) is 12.2. The van der Waals surface area contributed by atoms with Gasteiger partial charge in [0.05, 0.1) is 17.8 Å². The number of aromatic nitrogens is 3. The summed E-state index contributed by atoms with van der Waals surface area (Å²) in [6, 6.07) is 19.3. The Bertz CT molecular complexity index is 973. The lowest BCUT2D eigenvalue weighted by Crippen LogP contribution is -2.06. The normalized spacial score (nSPS) is 12.6. The molecule has 25 heavy (non-hydrogen) atoms. The van der Waals surface area contributed by atoms with Gasteiger partial charge >= 0.3 is 0 Å². The number of hydrogen-bond donors (Lipinski definition) is 1. The highest BCUT2D eigenvalue weighted by molar-refractivity contribution is 5.84. The smallest absolute Gasteiger partial charge is 0.0922 e. The zero-order valence-electron chi connectivity index (χ0n) is 14.5. The second-order valence-corrected chi connectivity index (χ2v) is 6.69. The summed E-state index contributed by atoms with van der Waals surface area (Å²) >= 11 is 0. The first-order valence-electron chi connectivity index (χ1n) is 8.66. The molecule has 1 atom stereocenters. The van der Waals surface area contributed by atoms with E-state index in [9.17, 15) is 0 Å². The van der Waals surface area contributed by atoms with Gasteiger partial charge in [0, 0.05) is 23.5 Å².